The Morgan fingerprint density at radius 2 is 1.79 bits per heavy atom. The van der Waals surface area contributed by atoms with E-state index >= 15 is 0 Å². The maximum atomic E-state index is 13.5. The Bertz CT molecular complexity index is 1120. The summed E-state index contributed by atoms with van der Waals surface area (Å²) in [5.41, 5.74) is 1.93. The second-order valence-corrected chi connectivity index (χ2v) is 10.9. The number of carbonyl (C=O) groups excluding carboxylic acids is 2. The van der Waals surface area contributed by atoms with E-state index in [1.54, 1.807) is 13.0 Å². The number of benzene rings is 2. The van der Waals surface area contributed by atoms with E-state index in [1.165, 1.54) is 17.0 Å². The summed E-state index contributed by atoms with van der Waals surface area (Å²) in [6.07, 6.45) is 2.73. The summed E-state index contributed by atoms with van der Waals surface area (Å²) in [7, 11) is -3.89. The van der Waals surface area contributed by atoms with Crippen molar-refractivity contribution in [1.29, 1.82) is 0 Å². The topological polar surface area (TPSA) is 86.8 Å². The second kappa shape index (κ2) is 12.4. The molecular weight excluding hydrogens is 497 g/mol. The van der Waals surface area contributed by atoms with Gasteiger partial charge in [0, 0.05) is 13.1 Å². The first kappa shape index (κ1) is 28.0. The lowest BCUT2D eigenvalue weighted by molar-refractivity contribution is -0.139. The normalized spacial score (nSPS) is 12.2. The Morgan fingerprint density at radius 3 is 2.41 bits per heavy atom. The zero-order valence-corrected chi connectivity index (χ0v) is 22.2. The molecule has 0 spiro atoms. The first-order valence-electron chi connectivity index (χ1n) is 11.0. The van der Waals surface area contributed by atoms with Gasteiger partial charge in [-0.05, 0) is 38.0 Å². The number of halogens is 2. The molecule has 0 aliphatic rings. The molecule has 0 fully saturated rings. The molecular formula is C24H31Cl2N3O4S. The van der Waals surface area contributed by atoms with Crippen molar-refractivity contribution in [1.82, 2.24) is 10.2 Å². The molecule has 0 saturated carbocycles. The molecule has 0 aliphatic heterocycles. The van der Waals surface area contributed by atoms with Gasteiger partial charge in [-0.1, -0.05) is 72.4 Å². The number of hydrogen-bond donors (Lipinski definition) is 1. The van der Waals surface area contributed by atoms with Crippen LogP contribution < -0.4 is 9.62 Å². The fourth-order valence-corrected chi connectivity index (χ4v) is 4.71. The van der Waals surface area contributed by atoms with Crippen LogP contribution in [0.1, 0.15) is 37.8 Å². The molecule has 2 aromatic carbocycles. The first-order valence-corrected chi connectivity index (χ1v) is 13.6. The van der Waals surface area contributed by atoms with Gasteiger partial charge in [-0.15, -0.1) is 0 Å². The Labute approximate surface area is 212 Å². The van der Waals surface area contributed by atoms with Crippen molar-refractivity contribution in [2.24, 2.45) is 0 Å². The van der Waals surface area contributed by atoms with Crippen LogP contribution in [0.5, 0.6) is 0 Å². The van der Waals surface area contributed by atoms with Crippen LogP contribution in [0.3, 0.4) is 0 Å². The number of unbranched alkanes of at least 4 members (excludes halogenated alkanes) is 1. The van der Waals surface area contributed by atoms with Crippen molar-refractivity contribution in [3.8, 4) is 0 Å². The minimum absolute atomic E-state index is 0.0259. The molecule has 2 amide bonds. The van der Waals surface area contributed by atoms with Gasteiger partial charge in [0.25, 0.3) is 0 Å². The molecule has 1 N–H and O–H groups in total. The van der Waals surface area contributed by atoms with Gasteiger partial charge in [0.05, 0.1) is 22.0 Å². The lowest BCUT2D eigenvalue weighted by Crippen LogP contribution is -2.51. The molecule has 7 nitrogen and oxygen atoms in total. The number of hydrogen-bond acceptors (Lipinski definition) is 4. The van der Waals surface area contributed by atoms with Gasteiger partial charge in [-0.25, -0.2) is 8.42 Å². The third-order valence-electron chi connectivity index (χ3n) is 5.31. The van der Waals surface area contributed by atoms with Crippen LogP contribution in [0.4, 0.5) is 5.69 Å². The van der Waals surface area contributed by atoms with Crippen LogP contribution in [0.15, 0.2) is 42.5 Å². The van der Waals surface area contributed by atoms with E-state index in [-0.39, 0.29) is 28.2 Å². The van der Waals surface area contributed by atoms with Crippen LogP contribution in [0.25, 0.3) is 0 Å². The molecule has 0 heterocycles. The number of aryl methyl sites for hydroxylation is 1. The zero-order chi connectivity index (χ0) is 25.5. The van der Waals surface area contributed by atoms with Crippen molar-refractivity contribution in [3.63, 3.8) is 0 Å². The van der Waals surface area contributed by atoms with E-state index in [4.69, 9.17) is 23.2 Å². The lowest BCUT2D eigenvalue weighted by atomic mass is 10.1. The summed E-state index contributed by atoms with van der Waals surface area (Å²) in [6.45, 7) is 5.69. The fraction of sp³-hybridized carbons (Fsp3) is 0.417. The molecule has 0 bridgehead atoms. The Hall–Kier alpha value is -2.29. The molecule has 0 aliphatic carbocycles. The van der Waals surface area contributed by atoms with Gasteiger partial charge in [-0.2, -0.15) is 0 Å². The molecule has 2 rings (SSSR count). The van der Waals surface area contributed by atoms with E-state index < -0.39 is 28.5 Å². The highest BCUT2D eigenvalue weighted by Crippen LogP contribution is 2.33. The predicted octanol–water partition coefficient (Wildman–Crippen LogP) is 4.40. The van der Waals surface area contributed by atoms with Crippen molar-refractivity contribution >= 4 is 50.7 Å². The van der Waals surface area contributed by atoms with Crippen molar-refractivity contribution < 1.29 is 18.0 Å². The number of nitrogens with one attached hydrogen (secondary N) is 1. The molecule has 0 saturated heterocycles. The van der Waals surface area contributed by atoms with E-state index in [0.717, 1.165) is 34.5 Å². The molecule has 0 radical (unpaired) electrons. The monoisotopic (exact) mass is 527 g/mol. The predicted molar refractivity (Wildman–Crippen MR) is 138 cm³/mol. The highest BCUT2D eigenvalue weighted by Gasteiger charge is 2.31. The average Bonchev–Trinajstić information content (AvgIpc) is 2.76. The van der Waals surface area contributed by atoms with Crippen molar-refractivity contribution in [2.75, 3.05) is 23.7 Å². The molecule has 1 atom stereocenters. The number of sulfonamides is 1. The van der Waals surface area contributed by atoms with Crippen LogP contribution in [0.2, 0.25) is 10.0 Å². The summed E-state index contributed by atoms with van der Waals surface area (Å²) in [5.74, 6) is -0.845. The zero-order valence-electron chi connectivity index (χ0n) is 19.8. The maximum Gasteiger partial charge on any atom is 0.244 e. The summed E-state index contributed by atoms with van der Waals surface area (Å²) >= 11 is 12.3. The minimum Gasteiger partial charge on any atom is -0.354 e. The third-order valence-corrected chi connectivity index (χ3v) is 7.25. The lowest BCUT2D eigenvalue weighted by Gasteiger charge is -2.31. The van der Waals surface area contributed by atoms with E-state index in [0.29, 0.717) is 6.54 Å². The number of amides is 2. The largest absolute Gasteiger partial charge is 0.354 e. The molecule has 186 valence electrons. The molecule has 2 aromatic rings. The minimum atomic E-state index is -3.89. The SMILES string of the molecule is CCCCNC(=O)[C@@H](C)N(Cc1cccc(C)c1)C(=O)CN(c1cccc(Cl)c1Cl)S(C)(=O)=O. The summed E-state index contributed by atoms with van der Waals surface area (Å²) in [4.78, 5) is 27.7. The van der Waals surface area contributed by atoms with Gasteiger partial charge < -0.3 is 10.2 Å². The number of anilines is 1. The van der Waals surface area contributed by atoms with Crippen LogP contribution in [-0.4, -0.2) is 50.5 Å². The van der Waals surface area contributed by atoms with Crippen LogP contribution in [-0.2, 0) is 26.2 Å². The van der Waals surface area contributed by atoms with E-state index in [2.05, 4.69) is 5.32 Å². The molecule has 0 aromatic heterocycles. The van der Waals surface area contributed by atoms with Gasteiger partial charge in [0.15, 0.2) is 0 Å². The Morgan fingerprint density at radius 1 is 1.12 bits per heavy atom. The Balaban J connectivity index is 2.39. The Kier molecular flexibility index (Phi) is 10.2. The summed E-state index contributed by atoms with van der Waals surface area (Å²) < 4.78 is 26.1. The molecule has 10 heteroatoms. The highest BCUT2D eigenvalue weighted by atomic mass is 35.5. The first-order chi connectivity index (χ1) is 16.0. The fourth-order valence-electron chi connectivity index (χ4n) is 3.41. The van der Waals surface area contributed by atoms with Crippen molar-refractivity contribution in [2.45, 2.75) is 46.2 Å². The average molecular weight is 529 g/mol. The maximum absolute atomic E-state index is 13.5. The van der Waals surface area contributed by atoms with Crippen LogP contribution in [0, 0.1) is 6.92 Å². The van der Waals surface area contributed by atoms with Gasteiger partial charge >= 0.3 is 0 Å². The standard InChI is InChI=1S/C24H31Cl2N3O4S/c1-5-6-13-27-24(31)18(3)28(15-19-10-7-9-17(2)14-19)22(30)16-29(34(4,32)33)21-12-8-11-20(25)23(21)26/h7-12,14,18H,5-6,13,15-16H2,1-4H3,(H,27,31)/t18-/m1/s1. The number of rotatable bonds is 11. The van der Waals surface area contributed by atoms with Gasteiger partial charge in [-0.3, -0.25) is 13.9 Å². The molecule has 34 heavy (non-hydrogen) atoms. The summed E-state index contributed by atoms with van der Waals surface area (Å²) in [6, 6.07) is 11.3. The highest BCUT2D eigenvalue weighted by molar-refractivity contribution is 7.92. The van der Waals surface area contributed by atoms with Crippen molar-refractivity contribution in [3.05, 3.63) is 63.6 Å². The van der Waals surface area contributed by atoms with Crippen LogP contribution >= 0.6 is 23.2 Å². The molecule has 0 unspecified atom stereocenters. The smallest absolute Gasteiger partial charge is 0.244 e. The van der Waals surface area contributed by atoms with E-state index in [9.17, 15) is 18.0 Å². The van der Waals surface area contributed by atoms with E-state index in [1.807, 2.05) is 38.1 Å². The summed E-state index contributed by atoms with van der Waals surface area (Å²) in [5, 5.41) is 3.04. The number of nitrogens with zero attached hydrogens (tertiary/aromatic N) is 2. The van der Waals surface area contributed by atoms with Gasteiger partial charge in [0.1, 0.15) is 12.6 Å². The third kappa shape index (κ3) is 7.61. The number of carbonyl (C=O) groups is 2. The quantitative estimate of drug-likeness (QED) is 0.438. The second-order valence-electron chi connectivity index (χ2n) is 8.17. The van der Waals surface area contributed by atoms with Gasteiger partial charge in [0.2, 0.25) is 21.8 Å².